The van der Waals surface area contributed by atoms with Crippen LogP contribution in [0.25, 0.3) is 0 Å². The van der Waals surface area contributed by atoms with Crippen LogP contribution < -0.4 is 15.4 Å². The Morgan fingerprint density at radius 3 is 2.75 bits per heavy atom. The fourth-order valence-electron chi connectivity index (χ4n) is 2.36. The van der Waals surface area contributed by atoms with Gasteiger partial charge in [-0.3, -0.25) is 9.59 Å². The topological polar surface area (TPSA) is 67.4 Å². The molecule has 24 heavy (non-hydrogen) atoms. The van der Waals surface area contributed by atoms with E-state index >= 15 is 0 Å². The number of benzene rings is 2. The van der Waals surface area contributed by atoms with E-state index in [9.17, 15) is 18.4 Å². The predicted molar refractivity (Wildman–Crippen MR) is 84.5 cm³/mol. The Hall–Kier alpha value is -2.96. The molecule has 7 heteroatoms. The zero-order chi connectivity index (χ0) is 17.3. The fraction of sp³-hybridized carbons (Fsp3) is 0.176. The number of fused-ring (bicyclic) bond motifs is 1. The van der Waals surface area contributed by atoms with Gasteiger partial charge in [-0.05, 0) is 31.2 Å². The third-order valence-electron chi connectivity index (χ3n) is 3.58. The minimum Gasteiger partial charge on any atom is -0.478 e. The van der Waals surface area contributed by atoms with Gasteiger partial charge in [0.05, 0.1) is 11.3 Å². The van der Waals surface area contributed by atoms with Crippen molar-refractivity contribution in [3.63, 3.8) is 0 Å². The van der Waals surface area contributed by atoms with Crippen molar-refractivity contribution in [2.24, 2.45) is 0 Å². The first-order valence-electron chi connectivity index (χ1n) is 7.25. The van der Waals surface area contributed by atoms with E-state index in [0.717, 1.165) is 0 Å². The lowest BCUT2D eigenvalue weighted by Gasteiger charge is -2.25. The summed E-state index contributed by atoms with van der Waals surface area (Å²) in [7, 11) is 0. The van der Waals surface area contributed by atoms with Crippen LogP contribution in [0.3, 0.4) is 0 Å². The summed E-state index contributed by atoms with van der Waals surface area (Å²) in [6, 6.07) is 10.2. The van der Waals surface area contributed by atoms with Crippen molar-refractivity contribution in [3.05, 3.63) is 53.6 Å². The molecule has 1 aliphatic heterocycles. The molecule has 0 saturated heterocycles. The number of anilines is 2. The first kappa shape index (κ1) is 15.9. The Labute approximate surface area is 136 Å². The van der Waals surface area contributed by atoms with Gasteiger partial charge in [0, 0.05) is 11.3 Å². The van der Waals surface area contributed by atoms with Crippen molar-refractivity contribution in [2.75, 3.05) is 10.6 Å². The standard InChI is InChI=1S/C17H14F2N2O3/c1-9-16(22)21-13-7-3-6-12(14(13)24-9)17(23)20-11-5-2-4-10(8-11)15(18)19/h2-9,15H,1H3,(H,20,23)(H,21,22)/t9-/m0/s1. The predicted octanol–water partition coefficient (Wildman–Crippen LogP) is 3.60. The van der Waals surface area contributed by atoms with Crippen molar-refractivity contribution >= 4 is 23.2 Å². The molecule has 0 aliphatic carbocycles. The maximum atomic E-state index is 12.7. The number of rotatable bonds is 3. The molecule has 0 saturated carbocycles. The zero-order valence-electron chi connectivity index (χ0n) is 12.7. The Morgan fingerprint density at radius 2 is 2.00 bits per heavy atom. The molecule has 1 atom stereocenters. The summed E-state index contributed by atoms with van der Waals surface area (Å²) < 4.78 is 31.0. The Bertz CT molecular complexity index is 808. The number of carbonyl (C=O) groups excluding carboxylic acids is 2. The average molecular weight is 332 g/mol. The molecule has 0 bridgehead atoms. The van der Waals surface area contributed by atoms with E-state index in [1.807, 2.05) is 0 Å². The van der Waals surface area contributed by atoms with Crippen LogP contribution in [0.2, 0.25) is 0 Å². The van der Waals surface area contributed by atoms with Crippen molar-refractivity contribution in [1.82, 2.24) is 0 Å². The van der Waals surface area contributed by atoms with Crippen molar-refractivity contribution < 1.29 is 23.1 Å². The molecule has 0 unspecified atom stereocenters. The number of alkyl halides is 2. The third kappa shape index (κ3) is 3.05. The average Bonchev–Trinajstić information content (AvgIpc) is 2.55. The number of carbonyl (C=O) groups is 2. The molecule has 0 radical (unpaired) electrons. The second-order valence-corrected chi connectivity index (χ2v) is 5.31. The minimum absolute atomic E-state index is 0.181. The molecule has 0 aromatic heterocycles. The van der Waals surface area contributed by atoms with E-state index in [4.69, 9.17) is 4.74 Å². The van der Waals surface area contributed by atoms with E-state index in [1.165, 1.54) is 30.3 Å². The summed E-state index contributed by atoms with van der Waals surface area (Å²) in [5.74, 6) is -0.557. The molecule has 5 nitrogen and oxygen atoms in total. The highest BCUT2D eigenvalue weighted by Crippen LogP contribution is 2.34. The molecule has 2 aromatic carbocycles. The molecule has 124 valence electrons. The van der Waals surface area contributed by atoms with Gasteiger partial charge in [-0.25, -0.2) is 8.78 Å². The van der Waals surface area contributed by atoms with Gasteiger partial charge >= 0.3 is 0 Å². The van der Waals surface area contributed by atoms with Gasteiger partial charge in [0.2, 0.25) is 0 Å². The van der Waals surface area contributed by atoms with E-state index in [1.54, 1.807) is 19.1 Å². The first-order chi connectivity index (χ1) is 11.5. The largest absolute Gasteiger partial charge is 0.478 e. The first-order valence-corrected chi connectivity index (χ1v) is 7.25. The van der Waals surface area contributed by atoms with Gasteiger partial charge in [0.15, 0.2) is 11.9 Å². The summed E-state index contributed by atoms with van der Waals surface area (Å²) in [6.45, 7) is 1.57. The van der Waals surface area contributed by atoms with Crippen molar-refractivity contribution in [1.29, 1.82) is 0 Å². The van der Waals surface area contributed by atoms with Gasteiger partial charge in [-0.15, -0.1) is 0 Å². The number of nitrogens with one attached hydrogen (secondary N) is 2. The molecular weight excluding hydrogens is 318 g/mol. The maximum absolute atomic E-state index is 12.7. The van der Waals surface area contributed by atoms with Crippen LogP contribution in [0.4, 0.5) is 20.2 Å². The number of para-hydroxylation sites is 1. The minimum atomic E-state index is -2.62. The fourth-order valence-corrected chi connectivity index (χ4v) is 2.36. The van der Waals surface area contributed by atoms with Gasteiger partial charge in [-0.1, -0.05) is 18.2 Å². The molecular formula is C17H14F2N2O3. The summed E-state index contributed by atoms with van der Waals surface area (Å²) in [5, 5.41) is 5.21. The van der Waals surface area contributed by atoms with Crippen LogP contribution in [0.1, 0.15) is 29.3 Å². The molecule has 2 amide bonds. The highest BCUT2D eigenvalue weighted by atomic mass is 19.3. The number of hydrogen-bond donors (Lipinski definition) is 2. The molecule has 0 spiro atoms. The van der Waals surface area contributed by atoms with Gasteiger partial charge in [0.25, 0.3) is 18.2 Å². The zero-order valence-corrected chi connectivity index (χ0v) is 12.7. The van der Waals surface area contributed by atoms with Gasteiger partial charge in [-0.2, -0.15) is 0 Å². The third-order valence-corrected chi connectivity index (χ3v) is 3.58. The number of halogens is 2. The van der Waals surface area contributed by atoms with Crippen LogP contribution in [0, 0.1) is 0 Å². The maximum Gasteiger partial charge on any atom is 0.265 e. The quantitative estimate of drug-likeness (QED) is 0.902. The van der Waals surface area contributed by atoms with E-state index in [2.05, 4.69) is 10.6 Å². The van der Waals surface area contributed by atoms with Crippen LogP contribution in [0.5, 0.6) is 5.75 Å². The van der Waals surface area contributed by atoms with Crippen molar-refractivity contribution in [2.45, 2.75) is 19.5 Å². The van der Waals surface area contributed by atoms with Crippen LogP contribution in [0.15, 0.2) is 42.5 Å². The molecule has 0 fully saturated rings. The normalized spacial score (nSPS) is 16.2. The Balaban J connectivity index is 1.88. The summed E-state index contributed by atoms with van der Waals surface area (Å²) in [4.78, 5) is 24.1. The molecule has 2 aromatic rings. The second-order valence-electron chi connectivity index (χ2n) is 5.31. The van der Waals surface area contributed by atoms with Gasteiger partial charge in [0.1, 0.15) is 0 Å². The molecule has 1 heterocycles. The second kappa shape index (κ2) is 6.27. The van der Waals surface area contributed by atoms with Crippen LogP contribution in [-0.2, 0) is 4.79 Å². The van der Waals surface area contributed by atoms with E-state index in [0.29, 0.717) is 5.69 Å². The van der Waals surface area contributed by atoms with E-state index < -0.39 is 18.4 Å². The highest BCUT2D eigenvalue weighted by molar-refractivity contribution is 6.09. The lowest BCUT2D eigenvalue weighted by molar-refractivity contribution is -0.122. The molecule has 3 rings (SSSR count). The molecule has 2 N–H and O–H groups in total. The monoisotopic (exact) mass is 332 g/mol. The van der Waals surface area contributed by atoms with Gasteiger partial charge < -0.3 is 15.4 Å². The molecule has 1 aliphatic rings. The van der Waals surface area contributed by atoms with Crippen LogP contribution in [-0.4, -0.2) is 17.9 Å². The van der Waals surface area contributed by atoms with Crippen LogP contribution >= 0.6 is 0 Å². The lowest BCUT2D eigenvalue weighted by atomic mass is 10.1. The number of hydrogen-bond acceptors (Lipinski definition) is 3. The number of ether oxygens (including phenoxy) is 1. The lowest BCUT2D eigenvalue weighted by Crippen LogP contribution is -2.35. The summed E-state index contributed by atoms with van der Waals surface area (Å²) in [5.41, 5.74) is 0.678. The van der Waals surface area contributed by atoms with E-state index in [-0.39, 0.29) is 28.5 Å². The Morgan fingerprint density at radius 1 is 1.25 bits per heavy atom. The SMILES string of the molecule is C[C@@H]1Oc2c(cccc2C(=O)Nc2cccc(C(F)F)c2)NC1=O. The smallest absolute Gasteiger partial charge is 0.265 e. The highest BCUT2D eigenvalue weighted by Gasteiger charge is 2.27. The summed E-state index contributed by atoms with van der Waals surface area (Å²) in [6.07, 6.45) is -3.35. The van der Waals surface area contributed by atoms with Crippen molar-refractivity contribution in [3.8, 4) is 5.75 Å². The number of amides is 2. The summed E-state index contributed by atoms with van der Waals surface area (Å²) >= 11 is 0. The Kier molecular flexibility index (Phi) is 4.16.